The van der Waals surface area contributed by atoms with Crippen LogP contribution in [0.15, 0.2) is 36.6 Å². The Morgan fingerprint density at radius 1 is 1.37 bits per heavy atom. The lowest BCUT2D eigenvalue weighted by Crippen LogP contribution is -2.35. The molecule has 1 unspecified atom stereocenters. The molecule has 6 heteroatoms. The zero-order chi connectivity index (χ0) is 13.7. The molecule has 19 heavy (non-hydrogen) atoms. The molecule has 2 rings (SSSR count). The molecule has 0 saturated heterocycles. The van der Waals surface area contributed by atoms with E-state index in [-0.39, 0.29) is 13.2 Å². The maximum atomic E-state index is 11.4. The SMILES string of the molecule is COc1ccc(OC(=O)OCC2(O)C=COC2)cc1. The van der Waals surface area contributed by atoms with Crippen LogP contribution in [-0.4, -0.2) is 37.2 Å². The number of aliphatic hydroxyl groups is 1. The summed E-state index contributed by atoms with van der Waals surface area (Å²) in [4.78, 5) is 11.4. The van der Waals surface area contributed by atoms with Gasteiger partial charge in [0.05, 0.1) is 13.4 Å². The van der Waals surface area contributed by atoms with Crippen molar-refractivity contribution in [2.24, 2.45) is 0 Å². The lowest BCUT2D eigenvalue weighted by Gasteiger charge is -2.17. The Bertz CT molecular complexity index is 467. The highest BCUT2D eigenvalue weighted by Gasteiger charge is 2.30. The van der Waals surface area contributed by atoms with Gasteiger partial charge in [-0.25, -0.2) is 4.79 Å². The molecule has 0 saturated carbocycles. The fraction of sp³-hybridized carbons (Fsp3) is 0.308. The van der Waals surface area contributed by atoms with Crippen LogP contribution in [0.3, 0.4) is 0 Å². The van der Waals surface area contributed by atoms with Crippen molar-refractivity contribution < 1.29 is 28.8 Å². The molecule has 1 aliphatic rings. The van der Waals surface area contributed by atoms with Crippen molar-refractivity contribution in [1.82, 2.24) is 0 Å². The van der Waals surface area contributed by atoms with Gasteiger partial charge in [-0.3, -0.25) is 0 Å². The molecule has 1 aromatic carbocycles. The first-order valence-electron chi connectivity index (χ1n) is 5.62. The molecule has 0 fully saturated rings. The predicted molar refractivity (Wildman–Crippen MR) is 65.0 cm³/mol. The molecule has 1 atom stereocenters. The molecule has 0 spiro atoms. The number of carbonyl (C=O) groups is 1. The Kier molecular flexibility index (Phi) is 3.91. The number of carbonyl (C=O) groups excluding carboxylic acids is 1. The molecule has 6 nitrogen and oxygen atoms in total. The van der Waals surface area contributed by atoms with Gasteiger partial charge in [-0.05, 0) is 30.3 Å². The lowest BCUT2D eigenvalue weighted by atomic mass is 10.1. The Labute approximate surface area is 110 Å². The van der Waals surface area contributed by atoms with Gasteiger partial charge in [-0.2, -0.15) is 0 Å². The fourth-order valence-corrected chi connectivity index (χ4v) is 1.46. The summed E-state index contributed by atoms with van der Waals surface area (Å²) in [5.74, 6) is 0.985. The lowest BCUT2D eigenvalue weighted by molar-refractivity contribution is -0.0191. The van der Waals surface area contributed by atoms with Gasteiger partial charge in [0.2, 0.25) is 0 Å². The summed E-state index contributed by atoms with van der Waals surface area (Å²) in [5, 5.41) is 9.81. The van der Waals surface area contributed by atoms with E-state index in [0.29, 0.717) is 11.5 Å². The van der Waals surface area contributed by atoms with E-state index in [1.54, 1.807) is 31.4 Å². The number of methoxy groups -OCH3 is 1. The fourth-order valence-electron chi connectivity index (χ4n) is 1.46. The van der Waals surface area contributed by atoms with Crippen molar-refractivity contribution in [3.05, 3.63) is 36.6 Å². The van der Waals surface area contributed by atoms with Crippen LogP contribution in [0.2, 0.25) is 0 Å². The average molecular weight is 266 g/mol. The van der Waals surface area contributed by atoms with Gasteiger partial charge in [0.25, 0.3) is 0 Å². The summed E-state index contributed by atoms with van der Waals surface area (Å²) in [6, 6.07) is 6.47. The van der Waals surface area contributed by atoms with Gasteiger partial charge in [-0.15, -0.1) is 0 Å². The van der Waals surface area contributed by atoms with Gasteiger partial charge in [0, 0.05) is 0 Å². The Morgan fingerprint density at radius 3 is 2.63 bits per heavy atom. The summed E-state index contributed by atoms with van der Waals surface area (Å²) in [6.07, 6.45) is 1.89. The molecule has 1 heterocycles. The third-order valence-electron chi connectivity index (χ3n) is 2.51. The predicted octanol–water partition coefficient (Wildman–Crippen LogP) is 1.49. The maximum Gasteiger partial charge on any atom is 0.513 e. The van der Waals surface area contributed by atoms with Crippen LogP contribution in [-0.2, 0) is 9.47 Å². The second-order valence-electron chi connectivity index (χ2n) is 4.03. The minimum Gasteiger partial charge on any atom is -0.498 e. The van der Waals surface area contributed by atoms with E-state index in [2.05, 4.69) is 0 Å². The van der Waals surface area contributed by atoms with Gasteiger partial charge >= 0.3 is 6.16 Å². The molecule has 0 radical (unpaired) electrons. The third kappa shape index (κ3) is 3.62. The summed E-state index contributed by atoms with van der Waals surface area (Å²) in [5.41, 5.74) is -1.28. The summed E-state index contributed by atoms with van der Waals surface area (Å²) in [6.45, 7) is -0.165. The second-order valence-corrected chi connectivity index (χ2v) is 4.03. The molecule has 102 valence electrons. The Morgan fingerprint density at radius 2 is 2.05 bits per heavy atom. The van der Waals surface area contributed by atoms with E-state index in [1.165, 1.54) is 12.3 Å². The average Bonchev–Trinajstić information content (AvgIpc) is 2.85. The quantitative estimate of drug-likeness (QED) is 0.657. The number of rotatable bonds is 4. The number of hydrogen-bond donors (Lipinski definition) is 1. The van der Waals surface area contributed by atoms with Crippen LogP contribution in [0, 0.1) is 0 Å². The van der Waals surface area contributed by atoms with E-state index >= 15 is 0 Å². The highest BCUT2D eigenvalue weighted by molar-refractivity contribution is 5.64. The van der Waals surface area contributed by atoms with Crippen molar-refractivity contribution in [2.75, 3.05) is 20.3 Å². The standard InChI is InChI=1S/C13H14O6/c1-16-10-2-4-11(5-3-10)19-12(14)18-9-13(15)6-7-17-8-13/h2-7,15H,8-9H2,1H3. The number of hydrogen-bond acceptors (Lipinski definition) is 6. The maximum absolute atomic E-state index is 11.4. The van der Waals surface area contributed by atoms with E-state index in [4.69, 9.17) is 18.9 Å². The minimum absolute atomic E-state index is 0.0583. The topological polar surface area (TPSA) is 74.2 Å². The smallest absolute Gasteiger partial charge is 0.498 e. The van der Waals surface area contributed by atoms with Crippen LogP contribution in [0.1, 0.15) is 0 Å². The molecule has 0 aliphatic carbocycles. The first-order chi connectivity index (χ1) is 9.11. The molecule has 0 bridgehead atoms. The molecular formula is C13H14O6. The zero-order valence-electron chi connectivity index (χ0n) is 10.4. The van der Waals surface area contributed by atoms with E-state index in [0.717, 1.165) is 0 Å². The molecule has 1 N–H and O–H groups in total. The van der Waals surface area contributed by atoms with Crippen molar-refractivity contribution in [2.45, 2.75) is 5.60 Å². The van der Waals surface area contributed by atoms with Crippen LogP contribution in [0.4, 0.5) is 4.79 Å². The van der Waals surface area contributed by atoms with Crippen molar-refractivity contribution in [1.29, 1.82) is 0 Å². The molecular weight excluding hydrogens is 252 g/mol. The van der Waals surface area contributed by atoms with E-state index in [9.17, 15) is 9.90 Å². The zero-order valence-corrected chi connectivity index (χ0v) is 10.4. The molecule has 1 aliphatic heterocycles. The Hall–Kier alpha value is -2.21. The number of ether oxygens (including phenoxy) is 4. The highest BCUT2D eigenvalue weighted by atomic mass is 16.7. The number of benzene rings is 1. The summed E-state index contributed by atoms with van der Waals surface area (Å²) >= 11 is 0. The first kappa shape index (κ1) is 13.2. The largest absolute Gasteiger partial charge is 0.513 e. The van der Waals surface area contributed by atoms with E-state index in [1.807, 2.05) is 0 Å². The van der Waals surface area contributed by atoms with Crippen LogP contribution >= 0.6 is 0 Å². The summed E-state index contributed by atoms with van der Waals surface area (Å²) < 4.78 is 19.6. The highest BCUT2D eigenvalue weighted by Crippen LogP contribution is 2.18. The third-order valence-corrected chi connectivity index (χ3v) is 2.51. The molecule has 1 aromatic rings. The van der Waals surface area contributed by atoms with Gasteiger partial charge < -0.3 is 24.1 Å². The molecule has 0 aromatic heterocycles. The van der Waals surface area contributed by atoms with E-state index < -0.39 is 11.8 Å². The molecule has 0 amide bonds. The summed E-state index contributed by atoms with van der Waals surface area (Å²) in [7, 11) is 1.54. The normalized spacial score (nSPS) is 20.7. The Balaban J connectivity index is 1.82. The van der Waals surface area contributed by atoms with Gasteiger partial charge in [0.1, 0.15) is 24.7 Å². The minimum atomic E-state index is -1.28. The second kappa shape index (κ2) is 5.62. The monoisotopic (exact) mass is 266 g/mol. The van der Waals surface area contributed by atoms with Crippen molar-refractivity contribution in [3.8, 4) is 11.5 Å². The first-order valence-corrected chi connectivity index (χ1v) is 5.62. The van der Waals surface area contributed by atoms with Crippen molar-refractivity contribution >= 4 is 6.16 Å². The van der Waals surface area contributed by atoms with Crippen LogP contribution in [0.25, 0.3) is 0 Å². The van der Waals surface area contributed by atoms with Crippen LogP contribution < -0.4 is 9.47 Å². The van der Waals surface area contributed by atoms with Gasteiger partial charge in [-0.1, -0.05) is 0 Å². The van der Waals surface area contributed by atoms with Gasteiger partial charge in [0.15, 0.2) is 5.60 Å². The van der Waals surface area contributed by atoms with Crippen molar-refractivity contribution in [3.63, 3.8) is 0 Å². The van der Waals surface area contributed by atoms with Crippen LogP contribution in [0.5, 0.6) is 11.5 Å².